The first kappa shape index (κ1) is 10.4. The maximum Gasteiger partial charge on any atom is 0.310 e. The zero-order valence-electron chi connectivity index (χ0n) is 7.31. The van der Waals surface area contributed by atoms with Gasteiger partial charge in [-0.2, -0.15) is 0 Å². The maximum atomic E-state index is 9.93. The Balaban J connectivity index is 3.27. The molecular formula is C8H17N2O. The van der Waals surface area contributed by atoms with Gasteiger partial charge in [0.15, 0.2) is 0 Å². The third-order valence-electron chi connectivity index (χ3n) is 1.56. The summed E-state index contributed by atoms with van der Waals surface area (Å²) in [6.07, 6.45) is 5.01. The molecule has 65 valence electrons. The molecule has 0 spiro atoms. The fourth-order valence-electron chi connectivity index (χ4n) is 0.822. The van der Waals surface area contributed by atoms with Gasteiger partial charge in [0.05, 0.1) is 6.17 Å². The van der Waals surface area contributed by atoms with Crippen molar-refractivity contribution in [3.05, 3.63) is 0 Å². The Morgan fingerprint density at radius 2 is 2.18 bits per heavy atom. The second-order valence-electron chi connectivity index (χ2n) is 2.51. The summed E-state index contributed by atoms with van der Waals surface area (Å²) in [7, 11) is 0. The Morgan fingerprint density at radius 3 is 2.64 bits per heavy atom. The monoisotopic (exact) mass is 157 g/mol. The lowest BCUT2D eigenvalue weighted by molar-refractivity contribution is 0.444. The minimum absolute atomic E-state index is 0.0963. The molecule has 0 saturated heterocycles. The zero-order valence-corrected chi connectivity index (χ0v) is 7.31. The fourth-order valence-corrected chi connectivity index (χ4v) is 0.822. The Labute approximate surface area is 68.6 Å². The number of hydrogen-bond acceptors (Lipinski definition) is 2. The Morgan fingerprint density at radius 1 is 1.45 bits per heavy atom. The summed E-state index contributed by atoms with van der Waals surface area (Å²) >= 11 is 0. The molecule has 0 heterocycles. The normalized spacial score (nSPS) is 12.5. The average molecular weight is 157 g/mol. The lowest BCUT2D eigenvalue weighted by Crippen LogP contribution is -2.41. The molecule has 0 aliphatic rings. The van der Waals surface area contributed by atoms with E-state index < -0.39 is 0 Å². The molecule has 0 saturated carbocycles. The first-order valence-corrected chi connectivity index (χ1v) is 4.21. The van der Waals surface area contributed by atoms with E-state index in [9.17, 15) is 4.79 Å². The molecule has 1 radical (unpaired) electrons. The molecule has 11 heavy (non-hydrogen) atoms. The van der Waals surface area contributed by atoms with E-state index in [0.717, 1.165) is 19.4 Å². The molecule has 3 nitrogen and oxygen atoms in total. The molecule has 0 aliphatic carbocycles. The van der Waals surface area contributed by atoms with Crippen LogP contribution in [0.15, 0.2) is 0 Å². The average Bonchev–Trinajstić information content (AvgIpc) is 2.03. The van der Waals surface area contributed by atoms with E-state index in [-0.39, 0.29) is 6.17 Å². The molecule has 0 aliphatic heterocycles. The molecule has 0 aromatic heterocycles. The van der Waals surface area contributed by atoms with E-state index in [1.165, 1.54) is 6.42 Å². The van der Waals surface area contributed by atoms with Crippen molar-refractivity contribution in [3.8, 4) is 0 Å². The van der Waals surface area contributed by atoms with Crippen LogP contribution in [0.2, 0.25) is 0 Å². The van der Waals surface area contributed by atoms with Crippen LogP contribution in [0.4, 0.5) is 0 Å². The quantitative estimate of drug-likeness (QED) is 0.325. The summed E-state index contributed by atoms with van der Waals surface area (Å²) in [5.41, 5.74) is 0. The minimum Gasteiger partial charge on any atom is -0.333 e. The second-order valence-corrected chi connectivity index (χ2v) is 2.51. The van der Waals surface area contributed by atoms with Crippen molar-refractivity contribution in [3.63, 3.8) is 0 Å². The highest BCUT2D eigenvalue weighted by Gasteiger charge is 2.00. The van der Waals surface area contributed by atoms with Gasteiger partial charge in [-0.15, -0.1) is 0 Å². The maximum absolute atomic E-state index is 9.93. The van der Waals surface area contributed by atoms with Crippen molar-refractivity contribution in [1.29, 1.82) is 0 Å². The van der Waals surface area contributed by atoms with Crippen molar-refractivity contribution in [2.24, 2.45) is 0 Å². The van der Waals surface area contributed by atoms with Crippen LogP contribution in [0, 0.1) is 0 Å². The van der Waals surface area contributed by atoms with E-state index in [1.807, 2.05) is 6.92 Å². The topological polar surface area (TPSA) is 41.1 Å². The van der Waals surface area contributed by atoms with Crippen LogP contribution in [0.5, 0.6) is 0 Å². The van der Waals surface area contributed by atoms with Gasteiger partial charge in [0.2, 0.25) is 0 Å². The lowest BCUT2D eigenvalue weighted by Gasteiger charge is -2.14. The second kappa shape index (κ2) is 7.54. The predicted molar refractivity (Wildman–Crippen MR) is 45.8 cm³/mol. The first-order chi connectivity index (χ1) is 5.35. The number of carbonyl (C=O) groups excluding carboxylic acids is 1. The summed E-state index contributed by atoms with van der Waals surface area (Å²) in [6.45, 7) is 5.12. The van der Waals surface area contributed by atoms with Gasteiger partial charge in [0.25, 0.3) is 0 Å². The standard InChI is InChI=1S/C8H17N2O/c1-3-5-6-9-8(4-2)10-7-11/h8-9H,3-6H2,1-2H3,(H,10,11). The molecule has 1 unspecified atom stereocenters. The molecule has 0 aromatic rings. The van der Waals surface area contributed by atoms with Crippen LogP contribution in [-0.4, -0.2) is 19.1 Å². The van der Waals surface area contributed by atoms with Gasteiger partial charge in [0, 0.05) is 0 Å². The van der Waals surface area contributed by atoms with Gasteiger partial charge in [-0.3, -0.25) is 10.1 Å². The van der Waals surface area contributed by atoms with Crippen LogP contribution in [0.1, 0.15) is 33.1 Å². The van der Waals surface area contributed by atoms with E-state index in [1.54, 1.807) is 6.41 Å². The number of hydrogen-bond donors (Lipinski definition) is 2. The predicted octanol–water partition coefficient (Wildman–Crippen LogP) is 0.769. The molecule has 1 amide bonds. The molecule has 0 fully saturated rings. The van der Waals surface area contributed by atoms with Gasteiger partial charge >= 0.3 is 6.41 Å². The van der Waals surface area contributed by atoms with E-state index in [0.29, 0.717) is 0 Å². The molecule has 3 heteroatoms. The van der Waals surface area contributed by atoms with Crippen molar-refractivity contribution < 1.29 is 4.79 Å². The Kier molecular flexibility index (Phi) is 7.15. The van der Waals surface area contributed by atoms with Crippen LogP contribution in [-0.2, 0) is 4.79 Å². The molecule has 2 N–H and O–H groups in total. The number of nitrogens with one attached hydrogen (secondary N) is 2. The van der Waals surface area contributed by atoms with Gasteiger partial charge < -0.3 is 5.32 Å². The van der Waals surface area contributed by atoms with Crippen LogP contribution in [0.3, 0.4) is 0 Å². The minimum atomic E-state index is 0.0963. The summed E-state index contributed by atoms with van der Waals surface area (Å²) in [5, 5.41) is 5.77. The number of amides is 1. The third kappa shape index (κ3) is 5.85. The lowest BCUT2D eigenvalue weighted by atomic mass is 10.3. The van der Waals surface area contributed by atoms with Gasteiger partial charge in [-0.05, 0) is 19.4 Å². The van der Waals surface area contributed by atoms with E-state index >= 15 is 0 Å². The molecule has 0 aromatic carbocycles. The third-order valence-corrected chi connectivity index (χ3v) is 1.56. The van der Waals surface area contributed by atoms with Gasteiger partial charge in [-0.25, -0.2) is 0 Å². The first-order valence-electron chi connectivity index (χ1n) is 4.21. The van der Waals surface area contributed by atoms with E-state index in [4.69, 9.17) is 0 Å². The summed E-state index contributed by atoms with van der Waals surface area (Å²) in [5.74, 6) is 0. The van der Waals surface area contributed by atoms with Crippen molar-refractivity contribution >= 4 is 6.41 Å². The Hall–Kier alpha value is -0.570. The highest BCUT2D eigenvalue weighted by atomic mass is 16.1. The van der Waals surface area contributed by atoms with Gasteiger partial charge in [0.1, 0.15) is 0 Å². The highest BCUT2D eigenvalue weighted by Crippen LogP contribution is 1.87. The summed E-state index contributed by atoms with van der Waals surface area (Å²) < 4.78 is 0. The number of unbranched alkanes of at least 4 members (excludes halogenated alkanes) is 1. The van der Waals surface area contributed by atoms with Crippen molar-refractivity contribution in [1.82, 2.24) is 10.6 Å². The van der Waals surface area contributed by atoms with Crippen LogP contribution in [0.25, 0.3) is 0 Å². The SMILES string of the molecule is CCCCNC(CC)N[C]=O. The van der Waals surface area contributed by atoms with Gasteiger partial charge in [-0.1, -0.05) is 20.3 Å². The molecule has 1 atom stereocenters. The molecule has 0 rings (SSSR count). The number of rotatable bonds is 7. The smallest absolute Gasteiger partial charge is 0.310 e. The summed E-state index contributed by atoms with van der Waals surface area (Å²) in [6, 6.07) is 0. The Bertz CT molecular complexity index is 96.1. The fraction of sp³-hybridized carbons (Fsp3) is 0.875. The van der Waals surface area contributed by atoms with Crippen molar-refractivity contribution in [2.75, 3.05) is 6.54 Å². The van der Waals surface area contributed by atoms with Crippen LogP contribution < -0.4 is 10.6 Å². The largest absolute Gasteiger partial charge is 0.333 e. The highest BCUT2D eigenvalue weighted by molar-refractivity contribution is 5.47. The van der Waals surface area contributed by atoms with Crippen molar-refractivity contribution in [2.45, 2.75) is 39.3 Å². The summed E-state index contributed by atoms with van der Waals surface area (Å²) in [4.78, 5) is 9.93. The zero-order chi connectivity index (χ0) is 8.53. The molecule has 0 bridgehead atoms. The van der Waals surface area contributed by atoms with Crippen LogP contribution >= 0.6 is 0 Å². The van der Waals surface area contributed by atoms with E-state index in [2.05, 4.69) is 17.6 Å². The molecular weight excluding hydrogens is 140 g/mol.